The van der Waals surface area contributed by atoms with Crippen LogP contribution in [-0.2, 0) is 23.1 Å². The smallest absolute Gasteiger partial charge is 0.229 e. The van der Waals surface area contributed by atoms with Crippen molar-refractivity contribution in [3.63, 3.8) is 0 Å². The molecule has 0 fully saturated rings. The van der Waals surface area contributed by atoms with Crippen LogP contribution in [0.25, 0.3) is 0 Å². The molecule has 28 heavy (non-hydrogen) atoms. The third-order valence-electron chi connectivity index (χ3n) is 3.76. The monoisotopic (exact) mass is 402 g/mol. The Kier molecular flexibility index (Phi) is 7.88. The van der Waals surface area contributed by atoms with Gasteiger partial charge in [-0.3, -0.25) is 9.71 Å². The maximum absolute atomic E-state index is 11.5. The lowest BCUT2D eigenvalue weighted by Crippen LogP contribution is -2.36. The van der Waals surface area contributed by atoms with E-state index in [4.69, 9.17) is 4.74 Å². The summed E-state index contributed by atoms with van der Waals surface area (Å²) in [5, 5.41) is 6.43. The third kappa shape index (κ3) is 6.96. The first kappa shape index (κ1) is 21.3. The first-order valence-electron chi connectivity index (χ1n) is 8.74. The highest BCUT2D eigenvalue weighted by Crippen LogP contribution is 2.18. The first-order chi connectivity index (χ1) is 13.4. The molecule has 2 aromatic carbocycles. The van der Waals surface area contributed by atoms with Crippen molar-refractivity contribution in [2.75, 3.05) is 24.6 Å². The summed E-state index contributed by atoms with van der Waals surface area (Å²) < 4.78 is 31.2. The maximum Gasteiger partial charge on any atom is 0.229 e. The SMILES string of the molecule is C=CCOc1ccccc1CNC(=NC)NCc1ccccc1NS(C)(=O)=O. The molecule has 0 saturated carbocycles. The van der Waals surface area contributed by atoms with Crippen LogP contribution in [0.1, 0.15) is 11.1 Å². The van der Waals surface area contributed by atoms with E-state index in [0.29, 0.717) is 31.3 Å². The van der Waals surface area contributed by atoms with Crippen LogP contribution in [0, 0.1) is 0 Å². The van der Waals surface area contributed by atoms with E-state index in [2.05, 4.69) is 26.9 Å². The van der Waals surface area contributed by atoms with Crippen LogP contribution in [-0.4, -0.2) is 34.3 Å². The summed E-state index contributed by atoms with van der Waals surface area (Å²) >= 11 is 0. The minimum absolute atomic E-state index is 0.410. The van der Waals surface area contributed by atoms with Crippen molar-refractivity contribution >= 4 is 21.7 Å². The fourth-order valence-corrected chi connectivity index (χ4v) is 3.09. The van der Waals surface area contributed by atoms with Crippen LogP contribution >= 0.6 is 0 Å². The highest BCUT2D eigenvalue weighted by molar-refractivity contribution is 7.92. The predicted molar refractivity (Wildman–Crippen MR) is 114 cm³/mol. The standard InChI is InChI=1S/C20H26N4O3S/c1-4-13-27-19-12-8-6-10-17(19)15-23-20(21-2)22-14-16-9-5-7-11-18(16)24-28(3,25)26/h4-12,24H,1,13-15H2,2-3H3,(H2,21,22,23). The minimum Gasteiger partial charge on any atom is -0.489 e. The van der Waals surface area contributed by atoms with Gasteiger partial charge in [0.25, 0.3) is 0 Å². The second-order valence-corrected chi connectivity index (χ2v) is 7.77. The van der Waals surface area contributed by atoms with Gasteiger partial charge in [0.15, 0.2) is 5.96 Å². The molecule has 0 aliphatic carbocycles. The summed E-state index contributed by atoms with van der Waals surface area (Å²) in [6, 6.07) is 15.0. The second-order valence-electron chi connectivity index (χ2n) is 6.02. The lowest BCUT2D eigenvalue weighted by Gasteiger charge is -2.16. The number of benzene rings is 2. The molecule has 3 N–H and O–H groups in total. The average molecular weight is 403 g/mol. The number of hydrogen-bond acceptors (Lipinski definition) is 4. The Labute approximate surface area is 166 Å². The van der Waals surface area contributed by atoms with Crippen molar-refractivity contribution in [1.29, 1.82) is 0 Å². The molecular weight excluding hydrogens is 376 g/mol. The highest BCUT2D eigenvalue weighted by Gasteiger charge is 2.08. The second kappa shape index (κ2) is 10.4. The molecule has 0 unspecified atom stereocenters. The Hall–Kier alpha value is -3.00. The van der Waals surface area contributed by atoms with Gasteiger partial charge in [0, 0.05) is 25.7 Å². The van der Waals surface area contributed by atoms with Crippen LogP contribution in [0.3, 0.4) is 0 Å². The third-order valence-corrected chi connectivity index (χ3v) is 4.35. The van der Waals surface area contributed by atoms with Gasteiger partial charge in [0.05, 0.1) is 11.9 Å². The maximum atomic E-state index is 11.5. The van der Waals surface area contributed by atoms with Gasteiger partial charge in [-0.2, -0.15) is 0 Å². The molecule has 0 bridgehead atoms. The van der Waals surface area contributed by atoms with Gasteiger partial charge >= 0.3 is 0 Å². The molecule has 0 atom stereocenters. The van der Waals surface area contributed by atoms with Crippen molar-refractivity contribution in [2.24, 2.45) is 4.99 Å². The molecule has 7 nitrogen and oxygen atoms in total. The zero-order valence-corrected chi connectivity index (χ0v) is 16.9. The first-order valence-corrected chi connectivity index (χ1v) is 10.6. The molecule has 0 amide bonds. The van der Waals surface area contributed by atoms with E-state index in [1.54, 1.807) is 25.3 Å². The number of aliphatic imine (C=N–C) groups is 1. The molecule has 2 aromatic rings. The summed E-state index contributed by atoms with van der Waals surface area (Å²) in [5.74, 6) is 1.38. The van der Waals surface area contributed by atoms with E-state index in [1.807, 2.05) is 36.4 Å². The van der Waals surface area contributed by atoms with E-state index < -0.39 is 10.0 Å². The summed E-state index contributed by atoms with van der Waals surface area (Å²) in [6.07, 6.45) is 2.83. The molecule has 0 heterocycles. The Morgan fingerprint density at radius 1 is 1.07 bits per heavy atom. The van der Waals surface area contributed by atoms with Crippen molar-refractivity contribution in [3.8, 4) is 5.75 Å². The largest absolute Gasteiger partial charge is 0.489 e. The molecule has 0 aromatic heterocycles. The average Bonchev–Trinajstić information content (AvgIpc) is 2.67. The summed E-state index contributed by atoms with van der Waals surface area (Å²) in [4.78, 5) is 4.21. The van der Waals surface area contributed by atoms with Crippen molar-refractivity contribution in [3.05, 3.63) is 72.3 Å². The van der Waals surface area contributed by atoms with E-state index in [0.717, 1.165) is 23.1 Å². The van der Waals surface area contributed by atoms with Gasteiger partial charge in [0.1, 0.15) is 12.4 Å². The number of ether oxygens (including phenoxy) is 1. The number of anilines is 1. The topological polar surface area (TPSA) is 91.8 Å². The van der Waals surface area contributed by atoms with Crippen LogP contribution in [0.5, 0.6) is 5.75 Å². The Morgan fingerprint density at radius 2 is 1.68 bits per heavy atom. The Balaban J connectivity index is 1.99. The lowest BCUT2D eigenvalue weighted by molar-refractivity contribution is 0.358. The van der Waals surface area contributed by atoms with Crippen molar-refractivity contribution in [1.82, 2.24) is 10.6 Å². The molecule has 150 valence electrons. The zero-order valence-electron chi connectivity index (χ0n) is 16.1. The van der Waals surface area contributed by atoms with Crippen LogP contribution < -0.4 is 20.1 Å². The number of sulfonamides is 1. The Bertz CT molecular complexity index is 927. The van der Waals surface area contributed by atoms with E-state index in [-0.39, 0.29) is 0 Å². The molecule has 0 aliphatic rings. The van der Waals surface area contributed by atoms with Gasteiger partial charge in [-0.05, 0) is 17.7 Å². The predicted octanol–water partition coefficient (Wildman–Crippen LogP) is 2.49. The van der Waals surface area contributed by atoms with Crippen LogP contribution in [0.2, 0.25) is 0 Å². The van der Waals surface area contributed by atoms with Gasteiger partial charge in [0.2, 0.25) is 10.0 Å². The number of para-hydroxylation sites is 2. The quantitative estimate of drug-likeness (QED) is 0.341. The number of nitrogens with one attached hydrogen (secondary N) is 3. The van der Waals surface area contributed by atoms with Crippen LogP contribution in [0.4, 0.5) is 5.69 Å². The van der Waals surface area contributed by atoms with E-state index in [1.165, 1.54) is 0 Å². The van der Waals surface area contributed by atoms with E-state index >= 15 is 0 Å². The van der Waals surface area contributed by atoms with Gasteiger partial charge < -0.3 is 15.4 Å². The van der Waals surface area contributed by atoms with Crippen molar-refractivity contribution in [2.45, 2.75) is 13.1 Å². The fraction of sp³-hybridized carbons (Fsp3) is 0.250. The molecule has 0 aliphatic heterocycles. The molecule has 0 saturated heterocycles. The highest BCUT2D eigenvalue weighted by atomic mass is 32.2. The molecule has 0 spiro atoms. The number of rotatable bonds is 9. The summed E-state index contributed by atoms with van der Waals surface area (Å²) in [6.45, 7) is 5.04. The summed E-state index contributed by atoms with van der Waals surface area (Å²) in [7, 11) is -1.67. The summed E-state index contributed by atoms with van der Waals surface area (Å²) in [5.41, 5.74) is 2.34. The van der Waals surface area contributed by atoms with Gasteiger partial charge in [-0.25, -0.2) is 8.42 Å². The van der Waals surface area contributed by atoms with Crippen LogP contribution in [0.15, 0.2) is 66.2 Å². The van der Waals surface area contributed by atoms with Crippen molar-refractivity contribution < 1.29 is 13.2 Å². The normalized spacial score (nSPS) is 11.6. The van der Waals surface area contributed by atoms with Gasteiger partial charge in [-0.1, -0.05) is 49.1 Å². The Morgan fingerprint density at radius 3 is 2.32 bits per heavy atom. The zero-order chi connectivity index (χ0) is 20.4. The lowest BCUT2D eigenvalue weighted by atomic mass is 10.2. The molecule has 2 rings (SSSR count). The number of guanidine groups is 1. The molecule has 0 radical (unpaired) electrons. The van der Waals surface area contributed by atoms with Gasteiger partial charge in [-0.15, -0.1) is 0 Å². The van der Waals surface area contributed by atoms with E-state index in [9.17, 15) is 8.42 Å². The molecule has 8 heteroatoms. The number of nitrogens with zero attached hydrogens (tertiary/aromatic N) is 1. The fourth-order valence-electron chi connectivity index (χ4n) is 2.49. The molecular formula is C20H26N4O3S. The number of hydrogen-bond donors (Lipinski definition) is 3. The minimum atomic E-state index is -3.35.